The Morgan fingerprint density at radius 2 is 1.67 bits per heavy atom. The number of thiocarbonyl (C=S) groups is 1. The molecule has 2 nitrogen and oxygen atoms in total. The molecule has 1 rings (SSSR count). The molecule has 0 amide bonds. The summed E-state index contributed by atoms with van der Waals surface area (Å²) in [6.45, 7) is 2.24. The Labute approximate surface area is 97.7 Å². The lowest BCUT2D eigenvalue weighted by atomic mass is 10.1. The molecule has 0 heterocycles. The van der Waals surface area contributed by atoms with E-state index in [9.17, 15) is 0 Å². The topological polar surface area (TPSA) is 52.0 Å². The zero-order valence-corrected chi connectivity index (χ0v) is 10.1. The van der Waals surface area contributed by atoms with Crippen LogP contribution in [0, 0.1) is 0 Å². The largest absolute Gasteiger partial charge is 0.377 e. The zero-order valence-electron chi connectivity index (χ0n) is 9.28. The van der Waals surface area contributed by atoms with Crippen LogP contribution in [0.1, 0.15) is 31.7 Å². The van der Waals surface area contributed by atoms with E-state index >= 15 is 0 Å². The fourth-order valence-corrected chi connectivity index (χ4v) is 1.22. The van der Waals surface area contributed by atoms with Crippen LogP contribution < -0.4 is 11.5 Å². The average molecular weight is 224 g/mol. The van der Waals surface area contributed by atoms with E-state index in [2.05, 4.69) is 60.9 Å². The Morgan fingerprint density at radius 3 is 2.13 bits per heavy atom. The number of hydrogen-bond acceptors (Lipinski definition) is 1. The molecule has 84 valence electrons. The number of benzene rings is 1. The molecule has 0 saturated heterocycles. The monoisotopic (exact) mass is 224 g/mol. The van der Waals surface area contributed by atoms with Crippen molar-refractivity contribution in [1.29, 1.82) is 0 Å². The van der Waals surface area contributed by atoms with E-state index in [4.69, 9.17) is 0 Å². The minimum atomic E-state index is 0.000000000000000222. The van der Waals surface area contributed by atoms with Gasteiger partial charge in [-0.15, -0.1) is 0 Å². The molecule has 1 aromatic rings. The number of unbranched alkanes of at least 4 members (excludes halogenated alkanes) is 2. The van der Waals surface area contributed by atoms with Crippen molar-refractivity contribution in [2.45, 2.75) is 32.6 Å². The molecule has 0 aliphatic heterocycles. The summed E-state index contributed by atoms with van der Waals surface area (Å²) in [4.78, 5) is 0. The number of nitrogens with two attached hydrogens (primary N) is 2. The van der Waals surface area contributed by atoms with E-state index in [0.29, 0.717) is 0 Å². The first kappa shape index (κ1) is 13.9. The van der Waals surface area contributed by atoms with Gasteiger partial charge in [-0.05, 0) is 30.6 Å². The van der Waals surface area contributed by atoms with Crippen molar-refractivity contribution < 1.29 is 0 Å². The minimum absolute atomic E-state index is 0.000000000000000222. The summed E-state index contributed by atoms with van der Waals surface area (Å²) in [5.74, 6) is 0. The van der Waals surface area contributed by atoms with Crippen molar-refractivity contribution in [3.63, 3.8) is 0 Å². The Balaban J connectivity index is 0.000000423. The van der Waals surface area contributed by atoms with Gasteiger partial charge in [0.2, 0.25) is 0 Å². The van der Waals surface area contributed by atoms with Crippen molar-refractivity contribution in [3.8, 4) is 0 Å². The first-order chi connectivity index (χ1) is 7.16. The molecule has 0 radical (unpaired) electrons. The van der Waals surface area contributed by atoms with Crippen LogP contribution in [0.2, 0.25) is 0 Å². The maximum absolute atomic E-state index is 4.62. The predicted molar refractivity (Wildman–Crippen MR) is 70.6 cm³/mol. The third kappa shape index (κ3) is 10.8. The van der Waals surface area contributed by atoms with Crippen molar-refractivity contribution in [1.82, 2.24) is 0 Å². The SMILES string of the molecule is CCCCCc1ccccc1.NC(N)=S. The van der Waals surface area contributed by atoms with Crippen LogP contribution in [-0.4, -0.2) is 5.11 Å². The van der Waals surface area contributed by atoms with E-state index < -0.39 is 0 Å². The zero-order chi connectivity index (χ0) is 11.5. The Bertz CT molecular complexity index is 256. The van der Waals surface area contributed by atoms with Gasteiger partial charge >= 0.3 is 0 Å². The summed E-state index contributed by atoms with van der Waals surface area (Å²) in [6, 6.07) is 10.7. The standard InChI is InChI=1S/C11H16.CH4N2S/c1-2-3-5-8-11-9-6-4-7-10-11;2-1(3)4/h4,6-7,9-10H,2-3,5,8H2,1H3;(H4,2,3,4). The molecule has 0 saturated carbocycles. The minimum Gasteiger partial charge on any atom is -0.377 e. The van der Waals surface area contributed by atoms with E-state index in [-0.39, 0.29) is 5.11 Å². The fourth-order valence-electron chi connectivity index (χ4n) is 1.22. The molecule has 15 heavy (non-hydrogen) atoms. The van der Waals surface area contributed by atoms with Crippen molar-refractivity contribution in [2.24, 2.45) is 11.5 Å². The van der Waals surface area contributed by atoms with Gasteiger partial charge in [0.1, 0.15) is 0 Å². The third-order valence-electron chi connectivity index (χ3n) is 1.91. The molecule has 0 aliphatic carbocycles. The Kier molecular flexibility index (Phi) is 8.78. The number of aryl methyl sites for hydroxylation is 1. The Hall–Kier alpha value is -1.09. The summed E-state index contributed by atoms with van der Waals surface area (Å²) in [6.07, 6.45) is 5.25. The molecular formula is C12H20N2S. The summed E-state index contributed by atoms with van der Waals surface area (Å²) in [5, 5.41) is 0.000000000000000222. The van der Waals surface area contributed by atoms with E-state index in [0.717, 1.165) is 0 Å². The lowest BCUT2D eigenvalue weighted by Gasteiger charge is -1.98. The highest BCUT2D eigenvalue weighted by molar-refractivity contribution is 7.80. The van der Waals surface area contributed by atoms with E-state index in [1.54, 1.807) is 0 Å². The lowest BCUT2D eigenvalue weighted by molar-refractivity contribution is 0.717. The molecule has 0 unspecified atom stereocenters. The lowest BCUT2D eigenvalue weighted by Crippen LogP contribution is -2.18. The number of rotatable bonds is 4. The fraction of sp³-hybridized carbons (Fsp3) is 0.417. The second-order valence-electron chi connectivity index (χ2n) is 3.35. The van der Waals surface area contributed by atoms with Gasteiger partial charge in [0, 0.05) is 0 Å². The molecule has 1 aromatic carbocycles. The van der Waals surface area contributed by atoms with Crippen LogP contribution in [0.5, 0.6) is 0 Å². The summed E-state index contributed by atoms with van der Waals surface area (Å²) in [7, 11) is 0. The first-order valence-electron chi connectivity index (χ1n) is 5.25. The highest BCUT2D eigenvalue weighted by atomic mass is 32.1. The van der Waals surface area contributed by atoms with E-state index in [1.165, 1.54) is 31.2 Å². The van der Waals surface area contributed by atoms with Crippen molar-refractivity contribution >= 4 is 17.3 Å². The van der Waals surface area contributed by atoms with Gasteiger partial charge in [-0.3, -0.25) is 0 Å². The second-order valence-corrected chi connectivity index (χ2v) is 3.82. The van der Waals surface area contributed by atoms with E-state index in [1.807, 2.05) is 0 Å². The quantitative estimate of drug-likeness (QED) is 0.610. The summed E-state index contributed by atoms with van der Waals surface area (Å²) < 4.78 is 0. The van der Waals surface area contributed by atoms with Gasteiger partial charge in [-0.1, -0.05) is 50.1 Å². The molecule has 0 spiro atoms. The second kappa shape index (κ2) is 9.46. The molecule has 0 bridgehead atoms. The van der Waals surface area contributed by atoms with Crippen LogP contribution in [0.25, 0.3) is 0 Å². The molecule has 3 heteroatoms. The smallest absolute Gasteiger partial charge is 0.160 e. The summed E-state index contributed by atoms with van der Waals surface area (Å²) in [5.41, 5.74) is 10.7. The molecule has 4 N–H and O–H groups in total. The molecule has 0 atom stereocenters. The third-order valence-corrected chi connectivity index (χ3v) is 1.91. The van der Waals surface area contributed by atoms with Crippen LogP contribution in [0.3, 0.4) is 0 Å². The van der Waals surface area contributed by atoms with Crippen LogP contribution >= 0.6 is 12.2 Å². The van der Waals surface area contributed by atoms with Crippen molar-refractivity contribution in [2.75, 3.05) is 0 Å². The highest BCUT2D eigenvalue weighted by Gasteiger charge is 1.89. The highest BCUT2D eigenvalue weighted by Crippen LogP contribution is 2.05. The van der Waals surface area contributed by atoms with Gasteiger partial charge in [0.15, 0.2) is 5.11 Å². The molecular weight excluding hydrogens is 204 g/mol. The predicted octanol–water partition coefficient (Wildman–Crippen LogP) is 2.61. The van der Waals surface area contributed by atoms with Gasteiger partial charge in [-0.2, -0.15) is 0 Å². The molecule has 0 aliphatic rings. The van der Waals surface area contributed by atoms with Gasteiger partial charge in [0.05, 0.1) is 0 Å². The Morgan fingerprint density at radius 1 is 1.13 bits per heavy atom. The first-order valence-corrected chi connectivity index (χ1v) is 5.66. The maximum Gasteiger partial charge on any atom is 0.160 e. The van der Waals surface area contributed by atoms with Gasteiger partial charge < -0.3 is 11.5 Å². The average Bonchev–Trinajstić information content (AvgIpc) is 2.19. The molecule has 0 fully saturated rings. The van der Waals surface area contributed by atoms with Gasteiger partial charge in [-0.25, -0.2) is 0 Å². The summed E-state index contributed by atoms with van der Waals surface area (Å²) >= 11 is 4.09. The van der Waals surface area contributed by atoms with Crippen molar-refractivity contribution in [3.05, 3.63) is 35.9 Å². The number of hydrogen-bond donors (Lipinski definition) is 2. The van der Waals surface area contributed by atoms with Crippen LogP contribution in [0.15, 0.2) is 30.3 Å². The molecule has 0 aromatic heterocycles. The maximum atomic E-state index is 4.62. The van der Waals surface area contributed by atoms with Crippen LogP contribution in [0.4, 0.5) is 0 Å². The van der Waals surface area contributed by atoms with Gasteiger partial charge in [0.25, 0.3) is 0 Å². The normalized spacial score (nSPS) is 8.87. The van der Waals surface area contributed by atoms with Crippen LogP contribution in [-0.2, 0) is 6.42 Å².